The standard InChI is InChI=1S/C12H21N5O/c1-5-9(7-18-4)17-11-10(14-12(17)13)8(3)15-16(11)6-2/h9H,5-7H2,1-4H3,(H2,13,14). The molecule has 0 aliphatic rings. The highest BCUT2D eigenvalue weighted by atomic mass is 16.5. The molecule has 1 atom stereocenters. The number of rotatable bonds is 5. The lowest BCUT2D eigenvalue weighted by atomic mass is 10.2. The zero-order valence-electron chi connectivity index (χ0n) is 11.5. The number of aryl methyl sites for hydroxylation is 2. The fourth-order valence-corrected chi connectivity index (χ4v) is 2.35. The van der Waals surface area contributed by atoms with Crippen LogP contribution in [0.1, 0.15) is 32.0 Å². The highest BCUT2D eigenvalue weighted by Gasteiger charge is 2.21. The van der Waals surface area contributed by atoms with E-state index in [0.717, 1.165) is 29.8 Å². The number of nitrogens with two attached hydrogens (primary N) is 1. The molecule has 100 valence electrons. The van der Waals surface area contributed by atoms with Gasteiger partial charge in [0.1, 0.15) is 5.52 Å². The van der Waals surface area contributed by atoms with Crippen LogP contribution in [0.4, 0.5) is 5.95 Å². The number of nitrogen functional groups attached to an aromatic ring is 1. The average Bonchev–Trinajstić information content (AvgIpc) is 2.84. The van der Waals surface area contributed by atoms with E-state index in [1.165, 1.54) is 0 Å². The molecule has 0 saturated carbocycles. The van der Waals surface area contributed by atoms with Crippen molar-refractivity contribution in [1.29, 1.82) is 0 Å². The van der Waals surface area contributed by atoms with Crippen molar-refractivity contribution in [2.45, 2.75) is 39.8 Å². The predicted molar refractivity (Wildman–Crippen MR) is 71.5 cm³/mol. The molecular formula is C12H21N5O. The molecule has 0 amide bonds. The summed E-state index contributed by atoms with van der Waals surface area (Å²) in [5, 5.41) is 4.48. The third-order valence-electron chi connectivity index (χ3n) is 3.27. The first-order chi connectivity index (χ1) is 8.63. The van der Waals surface area contributed by atoms with Crippen LogP contribution in [0.5, 0.6) is 0 Å². The Morgan fingerprint density at radius 2 is 2.11 bits per heavy atom. The molecule has 2 aromatic heterocycles. The maximum absolute atomic E-state index is 6.05. The Labute approximate surface area is 107 Å². The van der Waals surface area contributed by atoms with Gasteiger partial charge in [0.05, 0.1) is 18.3 Å². The first-order valence-electron chi connectivity index (χ1n) is 6.33. The molecule has 0 radical (unpaired) electrons. The monoisotopic (exact) mass is 251 g/mol. The van der Waals surface area contributed by atoms with Crippen LogP contribution < -0.4 is 5.73 Å². The number of ether oxygens (including phenoxy) is 1. The van der Waals surface area contributed by atoms with Crippen molar-refractivity contribution < 1.29 is 4.74 Å². The Bertz CT molecular complexity index is 542. The van der Waals surface area contributed by atoms with Crippen LogP contribution in [0.25, 0.3) is 11.2 Å². The number of hydrogen-bond donors (Lipinski definition) is 1. The maximum Gasteiger partial charge on any atom is 0.202 e. The number of anilines is 1. The van der Waals surface area contributed by atoms with Gasteiger partial charge < -0.3 is 10.5 Å². The van der Waals surface area contributed by atoms with Gasteiger partial charge in [-0.15, -0.1) is 0 Å². The molecule has 0 aromatic carbocycles. The van der Waals surface area contributed by atoms with Crippen molar-refractivity contribution >= 4 is 17.1 Å². The van der Waals surface area contributed by atoms with E-state index >= 15 is 0 Å². The first kappa shape index (κ1) is 12.9. The largest absolute Gasteiger partial charge is 0.383 e. The van der Waals surface area contributed by atoms with Gasteiger partial charge in [0.25, 0.3) is 0 Å². The molecule has 6 heteroatoms. The van der Waals surface area contributed by atoms with E-state index in [2.05, 4.69) is 23.9 Å². The normalized spacial score (nSPS) is 13.3. The lowest BCUT2D eigenvalue weighted by molar-refractivity contribution is 0.155. The van der Waals surface area contributed by atoms with E-state index in [4.69, 9.17) is 10.5 Å². The summed E-state index contributed by atoms with van der Waals surface area (Å²) in [6.07, 6.45) is 0.942. The van der Waals surface area contributed by atoms with Gasteiger partial charge in [0.2, 0.25) is 5.95 Å². The Hall–Kier alpha value is -1.56. The summed E-state index contributed by atoms with van der Waals surface area (Å²) in [5.41, 5.74) is 8.86. The fraction of sp³-hybridized carbons (Fsp3) is 0.667. The Kier molecular flexibility index (Phi) is 3.56. The van der Waals surface area contributed by atoms with Crippen LogP contribution in [0, 0.1) is 6.92 Å². The quantitative estimate of drug-likeness (QED) is 0.878. The first-order valence-corrected chi connectivity index (χ1v) is 6.33. The lowest BCUT2D eigenvalue weighted by Gasteiger charge is -2.18. The van der Waals surface area contributed by atoms with Crippen LogP contribution in [-0.2, 0) is 11.3 Å². The third kappa shape index (κ3) is 1.86. The molecular weight excluding hydrogens is 230 g/mol. The zero-order chi connectivity index (χ0) is 13.3. The molecule has 0 aliphatic heterocycles. The van der Waals surface area contributed by atoms with E-state index in [1.807, 2.05) is 16.2 Å². The zero-order valence-corrected chi connectivity index (χ0v) is 11.5. The predicted octanol–water partition coefficient (Wildman–Crippen LogP) is 1.74. The van der Waals surface area contributed by atoms with Gasteiger partial charge >= 0.3 is 0 Å². The van der Waals surface area contributed by atoms with Gasteiger partial charge in [-0.05, 0) is 20.3 Å². The second-order valence-corrected chi connectivity index (χ2v) is 4.43. The van der Waals surface area contributed by atoms with Gasteiger partial charge in [-0.1, -0.05) is 6.92 Å². The van der Waals surface area contributed by atoms with Crippen molar-refractivity contribution in [3.63, 3.8) is 0 Å². The Morgan fingerprint density at radius 1 is 1.39 bits per heavy atom. The number of aromatic nitrogens is 4. The maximum atomic E-state index is 6.05. The molecule has 0 aliphatic carbocycles. The second-order valence-electron chi connectivity index (χ2n) is 4.43. The summed E-state index contributed by atoms with van der Waals surface area (Å²) in [6, 6.07) is 0.196. The van der Waals surface area contributed by atoms with Crippen molar-refractivity contribution in [2.75, 3.05) is 19.5 Å². The van der Waals surface area contributed by atoms with E-state index in [-0.39, 0.29) is 6.04 Å². The number of fused-ring (bicyclic) bond motifs is 1. The molecule has 2 rings (SSSR count). The van der Waals surface area contributed by atoms with E-state index in [9.17, 15) is 0 Å². The summed E-state index contributed by atoms with van der Waals surface area (Å²) in [5.74, 6) is 0.539. The van der Waals surface area contributed by atoms with E-state index in [0.29, 0.717) is 12.6 Å². The topological polar surface area (TPSA) is 70.9 Å². The molecule has 2 aromatic rings. The minimum Gasteiger partial charge on any atom is -0.383 e. The summed E-state index contributed by atoms with van der Waals surface area (Å²) >= 11 is 0. The van der Waals surface area contributed by atoms with Crippen molar-refractivity contribution in [3.05, 3.63) is 5.69 Å². The van der Waals surface area contributed by atoms with Gasteiger partial charge in [-0.25, -0.2) is 9.67 Å². The summed E-state index contributed by atoms with van der Waals surface area (Å²) < 4.78 is 9.26. The smallest absolute Gasteiger partial charge is 0.202 e. The highest BCUT2D eigenvalue weighted by molar-refractivity contribution is 5.77. The molecule has 2 N–H and O–H groups in total. The SMILES string of the molecule is CCC(COC)n1c(N)nc2c(C)nn(CC)c21. The van der Waals surface area contributed by atoms with Gasteiger partial charge in [-0.2, -0.15) is 5.10 Å². The molecule has 0 saturated heterocycles. The van der Waals surface area contributed by atoms with Crippen molar-refractivity contribution in [2.24, 2.45) is 0 Å². The molecule has 2 heterocycles. The summed E-state index contributed by atoms with van der Waals surface area (Å²) in [7, 11) is 1.70. The Balaban J connectivity index is 2.64. The molecule has 0 bridgehead atoms. The third-order valence-corrected chi connectivity index (χ3v) is 3.27. The van der Waals surface area contributed by atoms with E-state index < -0.39 is 0 Å². The molecule has 0 fully saturated rings. The van der Waals surface area contributed by atoms with Crippen LogP contribution in [0.2, 0.25) is 0 Å². The molecule has 0 spiro atoms. The number of hydrogen-bond acceptors (Lipinski definition) is 4. The molecule has 18 heavy (non-hydrogen) atoms. The number of nitrogens with zero attached hydrogens (tertiary/aromatic N) is 4. The van der Waals surface area contributed by atoms with Crippen molar-refractivity contribution in [1.82, 2.24) is 19.3 Å². The van der Waals surface area contributed by atoms with Gasteiger partial charge in [-0.3, -0.25) is 4.57 Å². The van der Waals surface area contributed by atoms with Crippen LogP contribution in [0.3, 0.4) is 0 Å². The minimum absolute atomic E-state index is 0.196. The van der Waals surface area contributed by atoms with Crippen molar-refractivity contribution in [3.8, 4) is 0 Å². The van der Waals surface area contributed by atoms with Gasteiger partial charge in [0, 0.05) is 13.7 Å². The summed E-state index contributed by atoms with van der Waals surface area (Å²) in [6.45, 7) is 7.58. The van der Waals surface area contributed by atoms with Crippen LogP contribution in [-0.4, -0.2) is 33.0 Å². The average molecular weight is 251 g/mol. The molecule has 6 nitrogen and oxygen atoms in total. The highest BCUT2D eigenvalue weighted by Crippen LogP contribution is 2.26. The van der Waals surface area contributed by atoms with Crippen LogP contribution >= 0.6 is 0 Å². The van der Waals surface area contributed by atoms with Crippen LogP contribution in [0.15, 0.2) is 0 Å². The second kappa shape index (κ2) is 4.97. The number of imidazole rings is 1. The lowest BCUT2D eigenvalue weighted by Crippen LogP contribution is -2.18. The Morgan fingerprint density at radius 3 is 2.67 bits per heavy atom. The minimum atomic E-state index is 0.196. The van der Waals surface area contributed by atoms with Gasteiger partial charge in [0.15, 0.2) is 5.65 Å². The number of methoxy groups -OCH3 is 1. The summed E-state index contributed by atoms with van der Waals surface area (Å²) in [4.78, 5) is 4.43. The molecule has 1 unspecified atom stereocenters. The fourth-order valence-electron chi connectivity index (χ4n) is 2.35. The van der Waals surface area contributed by atoms with E-state index in [1.54, 1.807) is 7.11 Å².